The van der Waals surface area contributed by atoms with Crippen molar-refractivity contribution >= 4 is 17.3 Å². The number of benzene rings is 2. The number of rotatable bonds is 5. The first kappa shape index (κ1) is 16.6. The number of aromatic hydroxyl groups is 1. The Bertz CT molecular complexity index is 819. The Morgan fingerprint density at radius 1 is 1.24 bits per heavy atom. The van der Waals surface area contributed by atoms with E-state index < -0.39 is 6.10 Å². The van der Waals surface area contributed by atoms with Crippen molar-refractivity contribution in [1.82, 2.24) is 0 Å². The van der Waals surface area contributed by atoms with Gasteiger partial charge in [-0.2, -0.15) is 0 Å². The van der Waals surface area contributed by atoms with Crippen LogP contribution in [0.2, 0.25) is 0 Å². The Labute approximate surface area is 144 Å². The van der Waals surface area contributed by atoms with Crippen LogP contribution in [0.5, 0.6) is 17.2 Å². The minimum absolute atomic E-state index is 0.00977. The molecule has 7 nitrogen and oxygen atoms in total. The fourth-order valence-electron chi connectivity index (χ4n) is 2.51. The van der Waals surface area contributed by atoms with Crippen LogP contribution in [0.15, 0.2) is 47.6 Å². The Kier molecular flexibility index (Phi) is 4.74. The zero-order valence-corrected chi connectivity index (χ0v) is 13.9. The van der Waals surface area contributed by atoms with Crippen LogP contribution in [0.4, 0.5) is 5.69 Å². The number of carbonyl (C=O) groups excluding carboxylic acids is 1. The van der Waals surface area contributed by atoms with Gasteiger partial charge in [-0.3, -0.25) is 4.79 Å². The van der Waals surface area contributed by atoms with Crippen molar-refractivity contribution in [2.24, 2.45) is 5.16 Å². The summed E-state index contributed by atoms with van der Waals surface area (Å²) >= 11 is 0. The smallest absolute Gasteiger partial charge is 0.268 e. The van der Waals surface area contributed by atoms with E-state index in [0.717, 1.165) is 0 Å². The number of phenolic OH excluding ortho intramolecular Hbond substituents is 1. The molecule has 1 unspecified atom stereocenters. The number of hydrogen-bond donors (Lipinski definition) is 2. The number of nitrogens with zero attached hydrogens (tertiary/aromatic N) is 1. The van der Waals surface area contributed by atoms with Gasteiger partial charge in [-0.1, -0.05) is 17.3 Å². The second-order valence-electron chi connectivity index (χ2n) is 5.41. The van der Waals surface area contributed by atoms with Gasteiger partial charge < -0.3 is 24.7 Å². The summed E-state index contributed by atoms with van der Waals surface area (Å²) in [5.41, 5.74) is 1.62. The summed E-state index contributed by atoms with van der Waals surface area (Å²) in [6, 6.07) is 11.8. The molecule has 1 aliphatic rings. The SMILES string of the molecule is COc1ccc(OC)c(C2=NOC(C(=O)Nc3ccccc3O)C2)c1. The number of carbonyl (C=O) groups is 1. The number of nitrogens with one attached hydrogen (secondary N) is 1. The summed E-state index contributed by atoms with van der Waals surface area (Å²) in [7, 11) is 3.13. The molecule has 1 atom stereocenters. The number of methoxy groups -OCH3 is 2. The van der Waals surface area contributed by atoms with Crippen LogP contribution in [0.1, 0.15) is 12.0 Å². The summed E-state index contributed by atoms with van der Waals surface area (Å²) in [6.07, 6.45) is -0.506. The number of anilines is 1. The molecule has 0 aromatic heterocycles. The van der Waals surface area contributed by atoms with Crippen LogP contribution in [-0.2, 0) is 9.63 Å². The standard InChI is InChI=1S/C18H18N2O5/c1-23-11-7-8-16(24-2)12(9-11)14-10-17(25-20-14)18(22)19-13-5-3-4-6-15(13)21/h3-9,17,21H,10H2,1-2H3,(H,19,22). The van der Waals surface area contributed by atoms with Crippen molar-refractivity contribution in [2.75, 3.05) is 19.5 Å². The number of ether oxygens (including phenoxy) is 2. The van der Waals surface area contributed by atoms with Crippen molar-refractivity contribution in [3.8, 4) is 17.2 Å². The minimum Gasteiger partial charge on any atom is -0.506 e. The first-order valence-corrected chi connectivity index (χ1v) is 7.66. The van der Waals surface area contributed by atoms with Gasteiger partial charge in [0.2, 0.25) is 6.10 Å². The average Bonchev–Trinajstić information content (AvgIpc) is 3.13. The Morgan fingerprint density at radius 2 is 2.04 bits per heavy atom. The van der Waals surface area contributed by atoms with Gasteiger partial charge in [0, 0.05) is 12.0 Å². The molecule has 1 amide bonds. The van der Waals surface area contributed by atoms with Crippen molar-refractivity contribution in [3.05, 3.63) is 48.0 Å². The molecule has 0 fully saturated rings. The molecule has 0 bridgehead atoms. The molecule has 1 aliphatic heterocycles. The largest absolute Gasteiger partial charge is 0.506 e. The summed E-state index contributed by atoms with van der Waals surface area (Å²) in [5, 5.41) is 16.4. The third-order valence-corrected chi connectivity index (χ3v) is 3.84. The van der Waals surface area contributed by atoms with E-state index in [1.165, 1.54) is 6.07 Å². The predicted octanol–water partition coefficient (Wildman–Crippen LogP) is 2.54. The summed E-state index contributed by atoms with van der Waals surface area (Å²) in [5.74, 6) is 0.872. The lowest BCUT2D eigenvalue weighted by atomic mass is 10.0. The van der Waals surface area contributed by atoms with Gasteiger partial charge in [0.15, 0.2) is 0 Å². The molecule has 130 valence electrons. The molecular formula is C18H18N2O5. The van der Waals surface area contributed by atoms with Crippen LogP contribution in [0.25, 0.3) is 0 Å². The van der Waals surface area contributed by atoms with Gasteiger partial charge in [-0.05, 0) is 30.3 Å². The molecule has 0 spiro atoms. The zero-order chi connectivity index (χ0) is 17.8. The summed E-state index contributed by atoms with van der Waals surface area (Å²) < 4.78 is 10.6. The monoisotopic (exact) mass is 342 g/mol. The molecule has 0 radical (unpaired) electrons. The highest BCUT2D eigenvalue weighted by molar-refractivity contribution is 6.08. The molecule has 3 rings (SSSR count). The van der Waals surface area contributed by atoms with Crippen molar-refractivity contribution in [1.29, 1.82) is 0 Å². The van der Waals surface area contributed by atoms with Gasteiger partial charge in [-0.25, -0.2) is 0 Å². The normalized spacial score (nSPS) is 15.9. The van der Waals surface area contributed by atoms with Crippen LogP contribution in [0.3, 0.4) is 0 Å². The highest BCUT2D eigenvalue weighted by Gasteiger charge is 2.30. The van der Waals surface area contributed by atoms with Crippen LogP contribution in [-0.4, -0.2) is 37.0 Å². The second kappa shape index (κ2) is 7.12. The molecule has 1 heterocycles. The lowest BCUT2D eigenvalue weighted by Crippen LogP contribution is -2.28. The molecule has 25 heavy (non-hydrogen) atoms. The third kappa shape index (κ3) is 3.50. The number of hydrogen-bond acceptors (Lipinski definition) is 6. The quantitative estimate of drug-likeness (QED) is 0.815. The van der Waals surface area contributed by atoms with E-state index in [0.29, 0.717) is 28.5 Å². The van der Waals surface area contributed by atoms with E-state index >= 15 is 0 Å². The van der Waals surface area contributed by atoms with E-state index in [9.17, 15) is 9.90 Å². The summed E-state index contributed by atoms with van der Waals surface area (Å²) in [4.78, 5) is 17.6. The average molecular weight is 342 g/mol. The van der Waals surface area contributed by atoms with Crippen molar-refractivity contribution in [2.45, 2.75) is 12.5 Å². The maximum atomic E-state index is 12.3. The molecule has 2 N–H and O–H groups in total. The Hall–Kier alpha value is -3.22. The van der Waals surface area contributed by atoms with Crippen LogP contribution >= 0.6 is 0 Å². The van der Waals surface area contributed by atoms with Gasteiger partial charge in [0.25, 0.3) is 5.91 Å². The van der Waals surface area contributed by atoms with E-state index in [1.807, 2.05) is 0 Å². The predicted molar refractivity (Wildman–Crippen MR) is 92.3 cm³/mol. The lowest BCUT2D eigenvalue weighted by Gasteiger charge is -2.11. The van der Waals surface area contributed by atoms with E-state index in [4.69, 9.17) is 14.3 Å². The number of oxime groups is 1. The molecule has 2 aromatic rings. The van der Waals surface area contributed by atoms with Gasteiger partial charge in [0.1, 0.15) is 17.2 Å². The van der Waals surface area contributed by atoms with Crippen LogP contribution < -0.4 is 14.8 Å². The molecule has 0 saturated heterocycles. The van der Waals surface area contributed by atoms with Gasteiger partial charge in [-0.15, -0.1) is 0 Å². The van der Waals surface area contributed by atoms with Crippen LogP contribution in [0, 0.1) is 0 Å². The lowest BCUT2D eigenvalue weighted by molar-refractivity contribution is -0.125. The number of para-hydroxylation sites is 2. The number of phenols is 1. The fraction of sp³-hybridized carbons (Fsp3) is 0.222. The first-order valence-electron chi connectivity index (χ1n) is 7.66. The Morgan fingerprint density at radius 3 is 2.76 bits per heavy atom. The Balaban J connectivity index is 1.73. The maximum Gasteiger partial charge on any atom is 0.268 e. The third-order valence-electron chi connectivity index (χ3n) is 3.84. The topological polar surface area (TPSA) is 89.4 Å². The molecular weight excluding hydrogens is 324 g/mol. The zero-order valence-electron chi connectivity index (χ0n) is 13.9. The number of amides is 1. The highest BCUT2D eigenvalue weighted by Crippen LogP contribution is 2.29. The van der Waals surface area contributed by atoms with Crippen molar-refractivity contribution < 1.29 is 24.2 Å². The van der Waals surface area contributed by atoms with Gasteiger partial charge >= 0.3 is 0 Å². The molecule has 2 aromatic carbocycles. The molecule has 0 aliphatic carbocycles. The molecule has 7 heteroatoms. The fourth-order valence-corrected chi connectivity index (χ4v) is 2.51. The first-order chi connectivity index (χ1) is 12.1. The maximum absolute atomic E-state index is 12.3. The van der Waals surface area contributed by atoms with Crippen molar-refractivity contribution in [3.63, 3.8) is 0 Å². The second-order valence-corrected chi connectivity index (χ2v) is 5.41. The molecule has 0 saturated carbocycles. The van der Waals surface area contributed by atoms with E-state index in [2.05, 4.69) is 10.5 Å². The minimum atomic E-state index is -0.787. The van der Waals surface area contributed by atoms with Gasteiger partial charge in [0.05, 0.1) is 25.6 Å². The van der Waals surface area contributed by atoms with E-state index in [1.54, 1.807) is 50.6 Å². The highest BCUT2D eigenvalue weighted by atomic mass is 16.6. The van der Waals surface area contributed by atoms with E-state index in [-0.39, 0.29) is 18.1 Å². The summed E-state index contributed by atoms with van der Waals surface area (Å²) in [6.45, 7) is 0.